The van der Waals surface area contributed by atoms with Gasteiger partial charge in [-0.15, -0.1) is 0 Å². The molecule has 5 heteroatoms. The highest BCUT2D eigenvalue weighted by Crippen LogP contribution is 2.28. The van der Waals surface area contributed by atoms with E-state index in [0.717, 1.165) is 24.8 Å². The number of anilines is 1. The Morgan fingerprint density at radius 3 is 2.74 bits per heavy atom. The van der Waals surface area contributed by atoms with Crippen molar-refractivity contribution in [3.63, 3.8) is 0 Å². The van der Waals surface area contributed by atoms with Gasteiger partial charge >= 0.3 is 0 Å². The predicted molar refractivity (Wildman–Crippen MR) is 76.4 cm³/mol. The summed E-state index contributed by atoms with van der Waals surface area (Å²) in [5.74, 6) is 0.342. The molecule has 0 saturated heterocycles. The van der Waals surface area contributed by atoms with Gasteiger partial charge in [-0.05, 0) is 31.2 Å². The van der Waals surface area contributed by atoms with Crippen molar-refractivity contribution in [1.29, 1.82) is 0 Å². The summed E-state index contributed by atoms with van der Waals surface area (Å²) in [6.45, 7) is 4.76. The molecule has 106 valence electrons. The summed E-state index contributed by atoms with van der Waals surface area (Å²) >= 11 is 0. The molecule has 19 heavy (non-hydrogen) atoms. The summed E-state index contributed by atoms with van der Waals surface area (Å²) in [7, 11) is 0. The number of hydrogen-bond acceptors (Lipinski definition) is 4. The van der Waals surface area contributed by atoms with Crippen LogP contribution in [0.2, 0.25) is 0 Å². The smallest absolute Gasteiger partial charge is 0.292 e. The van der Waals surface area contributed by atoms with Crippen LogP contribution in [-0.2, 0) is 0 Å². The van der Waals surface area contributed by atoms with E-state index in [1.54, 1.807) is 6.07 Å². The van der Waals surface area contributed by atoms with Crippen LogP contribution in [-0.4, -0.2) is 23.2 Å². The first-order chi connectivity index (χ1) is 9.10. The molecule has 1 aromatic carbocycles. The summed E-state index contributed by atoms with van der Waals surface area (Å²) in [5.41, 5.74) is 1.57. The van der Waals surface area contributed by atoms with E-state index in [2.05, 4.69) is 12.2 Å². The summed E-state index contributed by atoms with van der Waals surface area (Å²) in [4.78, 5) is 10.6. The van der Waals surface area contributed by atoms with Crippen LogP contribution in [0.4, 0.5) is 11.4 Å². The first-order valence-electron chi connectivity index (χ1n) is 6.68. The maximum atomic E-state index is 11.0. The van der Waals surface area contributed by atoms with E-state index < -0.39 is 0 Å². The molecule has 0 saturated carbocycles. The van der Waals surface area contributed by atoms with Gasteiger partial charge in [-0.2, -0.15) is 0 Å². The van der Waals surface area contributed by atoms with Gasteiger partial charge in [-0.3, -0.25) is 10.1 Å². The molecule has 0 heterocycles. The Hall–Kier alpha value is -1.62. The lowest BCUT2D eigenvalue weighted by molar-refractivity contribution is -0.384. The number of nitro groups is 1. The van der Waals surface area contributed by atoms with Crippen molar-refractivity contribution in [3.8, 4) is 0 Å². The minimum Gasteiger partial charge on any atom is -0.396 e. The third-order valence-electron chi connectivity index (χ3n) is 3.25. The van der Waals surface area contributed by atoms with E-state index >= 15 is 0 Å². The van der Waals surface area contributed by atoms with Crippen molar-refractivity contribution in [2.75, 3.05) is 18.5 Å². The van der Waals surface area contributed by atoms with E-state index in [-0.39, 0.29) is 17.2 Å². The lowest BCUT2D eigenvalue weighted by atomic mass is 10.00. The lowest BCUT2D eigenvalue weighted by Crippen LogP contribution is -2.17. The van der Waals surface area contributed by atoms with E-state index in [9.17, 15) is 10.1 Å². The summed E-state index contributed by atoms with van der Waals surface area (Å²) in [6, 6.07) is 5.06. The van der Waals surface area contributed by atoms with E-state index in [4.69, 9.17) is 5.11 Å². The maximum Gasteiger partial charge on any atom is 0.292 e. The van der Waals surface area contributed by atoms with Crippen molar-refractivity contribution < 1.29 is 10.0 Å². The Morgan fingerprint density at radius 2 is 2.16 bits per heavy atom. The first kappa shape index (κ1) is 15.4. The number of aliphatic hydroxyl groups is 1. The van der Waals surface area contributed by atoms with E-state index in [0.29, 0.717) is 18.2 Å². The van der Waals surface area contributed by atoms with Crippen LogP contribution in [0.15, 0.2) is 18.2 Å². The van der Waals surface area contributed by atoms with Gasteiger partial charge in [0.25, 0.3) is 5.69 Å². The molecule has 1 unspecified atom stereocenters. The highest BCUT2D eigenvalue weighted by molar-refractivity contribution is 5.65. The third-order valence-corrected chi connectivity index (χ3v) is 3.25. The molecule has 1 aromatic rings. The Balaban J connectivity index is 2.78. The number of rotatable bonds is 8. The number of para-hydroxylation sites is 1. The van der Waals surface area contributed by atoms with Gasteiger partial charge in [-0.1, -0.05) is 25.5 Å². The minimum absolute atomic E-state index is 0.110. The highest BCUT2D eigenvalue weighted by Gasteiger charge is 2.16. The number of nitrogens with one attached hydrogen (secondary N) is 1. The summed E-state index contributed by atoms with van der Waals surface area (Å²) in [6.07, 6.45) is 2.77. The lowest BCUT2D eigenvalue weighted by Gasteiger charge is -2.17. The molecule has 0 amide bonds. The van der Waals surface area contributed by atoms with Crippen molar-refractivity contribution in [3.05, 3.63) is 33.9 Å². The van der Waals surface area contributed by atoms with Crippen molar-refractivity contribution in [2.45, 2.75) is 33.1 Å². The monoisotopic (exact) mass is 266 g/mol. The van der Waals surface area contributed by atoms with Crippen LogP contribution >= 0.6 is 0 Å². The Kier molecular flexibility index (Phi) is 6.29. The molecular formula is C14H22N2O3. The van der Waals surface area contributed by atoms with Gasteiger partial charge in [0.2, 0.25) is 0 Å². The van der Waals surface area contributed by atoms with Crippen molar-refractivity contribution in [1.82, 2.24) is 0 Å². The molecular weight excluding hydrogens is 244 g/mol. The van der Waals surface area contributed by atoms with Crippen LogP contribution < -0.4 is 5.32 Å². The highest BCUT2D eigenvalue weighted by atomic mass is 16.6. The normalized spacial score (nSPS) is 12.2. The third kappa shape index (κ3) is 4.52. The van der Waals surface area contributed by atoms with Crippen molar-refractivity contribution in [2.24, 2.45) is 5.92 Å². The molecule has 0 aliphatic rings. The largest absolute Gasteiger partial charge is 0.396 e. The van der Waals surface area contributed by atoms with Crippen LogP contribution in [0, 0.1) is 23.0 Å². The second-order valence-electron chi connectivity index (χ2n) is 4.77. The number of nitro benzene ring substituents is 1. The van der Waals surface area contributed by atoms with Crippen LogP contribution in [0.3, 0.4) is 0 Å². The van der Waals surface area contributed by atoms with Gasteiger partial charge in [0, 0.05) is 19.2 Å². The van der Waals surface area contributed by atoms with Gasteiger partial charge in [0.1, 0.15) is 5.69 Å². The molecule has 0 fully saturated rings. The fourth-order valence-corrected chi connectivity index (χ4v) is 2.22. The van der Waals surface area contributed by atoms with Gasteiger partial charge < -0.3 is 10.4 Å². The SMILES string of the molecule is CCCC(CCO)CNc1c(C)cccc1[N+](=O)[O-]. The minimum atomic E-state index is -0.365. The average Bonchev–Trinajstić information content (AvgIpc) is 2.37. The second kappa shape index (κ2) is 7.74. The first-order valence-corrected chi connectivity index (χ1v) is 6.68. The Bertz CT molecular complexity index is 415. The number of benzene rings is 1. The molecule has 0 aromatic heterocycles. The summed E-state index contributed by atoms with van der Waals surface area (Å²) in [5, 5.41) is 23.2. The zero-order valence-corrected chi connectivity index (χ0v) is 11.6. The quantitative estimate of drug-likeness (QED) is 0.560. The number of hydrogen-bond donors (Lipinski definition) is 2. The molecule has 5 nitrogen and oxygen atoms in total. The average molecular weight is 266 g/mol. The molecule has 1 rings (SSSR count). The predicted octanol–water partition coefficient (Wildman–Crippen LogP) is 3.11. The summed E-state index contributed by atoms with van der Waals surface area (Å²) < 4.78 is 0. The topological polar surface area (TPSA) is 75.4 Å². The maximum absolute atomic E-state index is 11.0. The molecule has 0 radical (unpaired) electrons. The van der Waals surface area contributed by atoms with Crippen molar-refractivity contribution >= 4 is 11.4 Å². The molecule has 0 aliphatic carbocycles. The zero-order valence-electron chi connectivity index (χ0n) is 11.6. The van der Waals surface area contributed by atoms with Crippen LogP contribution in [0.1, 0.15) is 31.7 Å². The molecule has 0 bridgehead atoms. The molecule has 0 aliphatic heterocycles. The Labute approximate surface area is 113 Å². The fourth-order valence-electron chi connectivity index (χ4n) is 2.22. The molecule has 0 spiro atoms. The number of aryl methyl sites for hydroxylation is 1. The van der Waals surface area contributed by atoms with Crippen LogP contribution in [0.25, 0.3) is 0 Å². The molecule has 1 atom stereocenters. The van der Waals surface area contributed by atoms with Gasteiger partial charge in [0.15, 0.2) is 0 Å². The van der Waals surface area contributed by atoms with Gasteiger partial charge in [0.05, 0.1) is 4.92 Å². The van der Waals surface area contributed by atoms with Crippen LogP contribution in [0.5, 0.6) is 0 Å². The number of nitrogens with zero attached hydrogens (tertiary/aromatic N) is 1. The zero-order chi connectivity index (χ0) is 14.3. The molecule has 2 N–H and O–H groups in total. The fraction of sp³-hybridized carbons (Fsp3) is 0.571. The standard InChI is InChI=1S/C14H22N2O3/c1-3-5-12(8-9-17)10-15-14-11(2)6-4-7-13(14)16(18)19/h4,6-7,12,15,17H,3,5,8-10H2,1-2H3. The Morgan fingerprint density at radius 1 is 1.42 bits per heavy atom. The van der Waals surface area contributed by atoms with Gasteiger partial charge in [-0.25, -0.2) is 0 Å². The second-order valence-corrected chi connectivity index (χ2v) is 4.77. The van der Waals surface area contributed by atoms with E-state index in [1.807, 2.05) is 13.0 Å². The number of aliphatic hydroxyl groups excluding tert-OH is 1. The van der Waals surface area contributed by atoms with E-state index in [1.165, 1.54) is 6.07 Å².